The highest BCUT2D eigenvalue weighted by atomic mass is 79.9. The molecule has 3 rings (SSSR count). The Morgan fingerprint density at radius 2 is 1.89 bits per heavy atom. The molecule has 1 fully saturated rings. The minimum atomic E-state index is -0.265. The molecule has 2 aromatic carbocycles. The van der Waals surface area contributed by atoms with Crippen LogP contribution in [0.25, 0.3) is 0 Å². The van der Waals surface area contributed by atoms with Gasteiger partial charge < -0.3 is 14.8 Å². The number of hydrogen-bond donors (Lipinski definition) is 1. The van der Waals surface area contributed by atoms with Crippen LogP contribution in [0, 0.1) is 5.82 Å². The summed E-state index contributed by atoms with van der Waals surface area (Å²) in [5.41, 5.74) is 1.67. The van der Waals surface area contributed by atoms with E-state index < -0.39 is 0 Å². The largest absolute Gasteiger partial charge is 0.490 e. The maximum absolute atomic E-state index is 13.8. The fraction of sp³-hybridized carbons (Fsp3) is 0.429. The predicted molar refractivity (Wildman–Crippen MR) is 112 cm³/mol. The van der Waals surface area contributed by atoms with Crippen LogP contribution in [0.3, 0.4) is 0 Å². The average molecular weight is 459 g/mol. The summed E-state index contributed by atoms with van der Waals surface area (Å²) in [6.07, 6.45) is 5.13. The lowest BCUT2D eigenvalue weighted by Crippen LogP contribution is -2.25. The Balaban J connectivity index is 0.00000261. The third kappa shape index (κ3) is 6.09. The second-order valence-electron chi connectivity index (χ2n) is 6.58. The smallest absolute Gasteiger partial charge is 0.175 e. The molecule has 1 N–H and O–H groups in total. The third-order valence-electron chi connectivity index (χ3n) is 4.65. The third-order valence-corrected chi connectivity index (χ3v) is 5.24. The number of nitrogens with one attached hydrogen (secondary N) is 1. The van der Waals surface area contributed by atoms with E-state index in [-0.39, 0.29) is 24.8 Å². The molecule has 0 heterocycles. The lowest BCUT2D eigenvalue weighted by atomic mass is 10.1. The summed E-state index contributed by atoms with van der Waals surface area (Å²) in [6.45, 7) is 3.45. The quantitative estimate of drug-likeness (QED) is 0.525. The van der Waals surface area contributed by atoms with Gasteiger partial charge in [0.25, 0.3) is 0 Å². The van der Waals surface area contributed by atoms with E-state index in [4.69, 9.17) is 9.47 Å². The molecule has 0 radical (unpaired) electrons. The summed E-state index contributed by atoms with van der Waals surface area (Å²) in [5, 5.41) is 3.61. The van der Waals surface area contributed by atoms with E-state index in [1.54, 1.807) is 18.2 Å². The van der Waals surface area contributed by atoms with Crippen molar-refractivity contribution in [1.29, 1.82) is 0 Å². The van der Waals surface area contributed by atoms with E-state index in [0.717, 1.165) is 16.6 Å². The first-order valence-corrected chi connectivity index (χ1v) is 10.0. The molecule has 0 aromatic heterocycles. The summed E-state index contributed by atoms with van der Waals surface area (Å²) < 4.78 is 26.3. The Kier molecular flexibility index (Phi) is 8.87. The number of ether oxygens (including phenoxy) is 2. The van der Waals surface area contributed by atoms with Gasteiger partial charge in [-0.3, -0.25) is 0 Å². The van der Waals surface area contributed by atoms with E-state index in [1.807, 2.05) is 19.1 Å². The second-order valence-corrected chi connectivity index (χ2v) is 7.43. The van der Waals surface area contributed by atoms with Crippen LogP contribution >= 0.6 is 28.3 Å². The van der Waals surface area contributed by atoms with E-state index >= 15 is 0 Å². The van der Waals surface area contributed by atoms with E-state index in [9.17, 15) is 4.39 Å². The molecule has 0 unspecified atom stereocenters. The van der Waals surface area contributed by atoms with Crippen molar-refractivity contribution in [1.82, 2.24) is 5.32 Å². The average Bonchev–Trinajstić information content (AvgIpc) is 3.14. The molecule has 2 aromatic rings. The minimum absolute atomic E-state index is 0. The SMILES string of the molecule is CCOc1cc(CNC2CCCC2)cc(Br)c1OCc1ccccc1F.Cl. The van der Waals surface area contributed by atoms with Gasteiger partial charge in [-0.25, -0.2) is 4.39 Å². The van der Waals surface area contributed by atoms with Gasteiger partial charge in [0.15, 0.2) is 11.5 Å². The monoisotopic (exact) mass is 457 g/mol. The first-order valence-electron chi connectivity index (χ1n) is 9.22. The van der Waals surface area contributed by atoms with E-state index in [1.165, 1.54) is 31.7 Å². The zero-order chi connectivity index (χ0) is 18.4. The van der Waals surface area contributed by atoms with Gasteiger partial charge >= 0.3 is 0 Å². The van der Waals surface area contributed by atoms with Gasteiger partial charge in [0.1, 0.15) is 12.4 Å². The molecule has 1 saturated carbocycles. The molecule has 0 amide bonds. The number of halogens is 3. The summed E-state index contributed by atoms with van der Waals surface area (Å²) in [7, 11) is 0. The predicted octanol–water partition coefficient (Wildman–Crippen LogP) is 6.02. The maximum Gasteiger partial charge on any atom is 0.175 e. The summed E-state index contributed by atoms with van der Waals surface area (Å²) in [6, 6.07) is 11.3. The summed E-state index contributed by atoms with van der Waals surface area (Å²) in [4.78, 5) is 0. The molecular weight excluding hydrogens is 433 g/mol. The number of hydrogen-bond acceptors (Lipinski definition) is 3. The zero-order valence-electron chi connectivity index (χ0n) is 15.5. The molecule has 1 aliphatic rings. The fourth-order valence-corrected chi connectivity index (χ4v) is 3.89. The van der Waals surface area contributed by atoms with Gasteiger partial charge in [0, 0.05) is 18.2 Å². The summed E-state index contributed by atoms with van der Waals surface area (Å²) >= 11 is 3.59. The highest BCUT2D eigenvalue weighted by Crippen LogP contribution is 2.37. The van der Waals surface area contributed by atoms with Crippen LogP contribution in [0.1, 0.15) is 43.7 Å². The van der Waals surface area contributed by atoms with Crippen molar-refractivity contribution in [3.05, 3.63) is 57.8 Å². The molecule has 0 aliphatic heterocycles. The number of benzene rings is 2. The topological polar surface area (TPSA) is 30.5 Å². The summed E-state index contributed by atoms with van der Waals surface area (Å²) in [5.74, 6) is 1.03. The van der Waals surface area contributed by atoms with E-state index in [0.29, 0.717) is 29.7 Å². The van der Waals surface area contributed by atoms with Gasteiger partial charge in [0.2, 0.25) is 0 Å². The molecule has 0 spiro atoms. The van der Waals surface area contributed by atoms with Crippen LogP contribution in [-0.2, 0) is 13.2 Å². The Labute approximate surface area is 175 Å². The molecule has 0 bridgehead atoms. The Morgan fingerprint density at radius 3 is 2.59 bits per heavy atom. The first-order chi connectivity index (χ1) is 12.7. The van der Waals surface area contributed by atoms with Crippen molar-refractivity contribution < 1.29 is 13.9 Å². The first kappa shape index (κ1) is 22.0. The zero-order valence-corrected chi connectivity index (χ0v) is 17.9. The van der Waals surface area contributed by atoms with Crippen LogP contribution in [0.15, 0.2) is 40.9 Å². The lowest BCUT2D eigenvalue weighted by Gasteiger charge is -2.17. The molecule has 1 aliphatic carbocycles. The van der Waals surface area contributed by atoms with Crippen molar-refractivity contribution in [3.63, 3.8) is 0 Å². The van der Waals surface area contributed by atoms with Crippen molar-refractivity contribution in [2.24, 2.45) is 0 Å². The van der Waals surface area contributed by atoms with Crippen molar-refractivity contribution in [3.8, 4) is 11.5 Å². The molecule has 0 atom stereocenters. The van der Waals surface area contributed by atoms with E-state index in [2.05, 4.69) is 21.2 Å². The Hall–Kier alpha value is -1.30. The van der Waals surface area contributed by atoms with Crippen LogP contribution < -0.4 is 14.8 Å². The van der Waals surface area contributed by atoms with Gasteiger partial charge in [-0.2, -0.15) is 0 Å². The second kappa shape index (κ2) is 10.9. The van der Waals surface area contributed by atoms with Crippen LogP contribution in [0.2, 0.25) is 0 Å². The highest BCUT2D eigenvalue weighted by molar-refractivity contribution is 9.10. The van der Waals surface area contributed by atoms with Crippen molar-refractivity contribution >= 4 is 28.3 Å². The number of rotatable bonds is 8. The molecule has 6 heteroatoms. The molecule has 0 saturated heterocycles. The lowest BCUT2D eigenvalue weighted by molar-refractivity contribution is 0.264. The normalized spacial score (nSPS) is 14.0. The van der Waals surface area contributed by atoms with Gasteiger partial charge in [-0.1, -0.05) is 31.0 Å². The molecule has 3 nitrogen and oxygen atoms in total. The van der Waals surface area contributed by atoms with Gasteiger partial charge in [-0.15, -0.1) is 12.4 Å². The van der Waals surface area contributed by atoms with Crippen LogP contribution in [-0.4, -0.2) is 12.6 Å². The molecule has 148 valence electrons. The molecular formula is C21H26BrClFNO2. The van der Waals surface area contributed by atoms with Crippen molar-refractivity contribution in [2.45, 2.75) is 51.8 Å². The minimum Gasteiger partial charge on any atom is -0.490 e. The molecule has 27 heavy (non-hydrogen) atoms. The van der Waals surface area contributed by atoms with Gasteiger partial charge in [-0.05, 0) is 59.5 Å². The van der Waals surface area contributed by atoms with Crippen molar-refractivity contribution in [2.75, 3.05) is 6.61 Å². The van der Waals surface area contributed by atoms with Crippen LogP contribution in [0.4, 0.5) is 4.39 Å². The Bertz CT molecular complexity index is 738. The Morgan fingerprint density at radius 1 is 1.15 bits per heavy atom. The van der Waals surface area contributed by atoms with Crippen LogP contribution in [0.5, 0.6) is 11.5 Å². The fourth-order valence-electron chi connectivity index (χ4n) is 3.28. The van der Waals surface area contributed by atoms with Gasteiger partial charge in [0.05, 0.1) is 11.1 Å². The standard InChI is InChI=1S/C21H25BrFNO2.ClH/c1-2-25-20-12-15(13-24-17-8-4-5-9-17)11-18(22)21(20)26-14-16-7-3-6-10-19(16)23;/h3,6-7,10-12,17,24H,2,4-5,8-9,13-14H2,1H3;1H. The highest BCUT2D eigenvalue weighted by Gasteiger charge is 2.16. The maximum atomic E-state index is 13.8.